The molecular formula is C17H23N3O3S. The molecule has 0 aromatic carbocycles. The molecule has 130 valence electrons. The summed E-state index contributed by atoms with van der Waals surface area (Å²) in [6.45, 7) is 0.668. The molecule has 2 aliphatic rings. The molecule has 0 bridgehead atoms. The van der Waals surface area contributed by atoms with E-state index in [1.807, 2.05) is 17.5 Å². The van der Waals surface area contributed by atoms with Gasteiger partial charge in [0, 0.05) is 24.5 Å². The van der Waals surface area contributed by atoms with Crippen molar-refractivity contribution in [2.75, 3.05) is 20.1 Å². The number of carbonyl (C=O) groups excluding carboxylic acids is 3. The van der Waals surface area contributed by atoms with Crippen LogP contribution in [0.1, 0.15) is 30.6 Å². The molecule has 24 heavy (non-hydrogen) atoms. The second kappa shape index (κ2) is 7.34. The van der Waals surface area contributed by atoms with Crippen molar-refractivity contribution >= 4 is 29.1 Å². The monoisotopic (exact) mass is 349 g/mol. The fourth-order valence-corrected chi connectivity index (χ4v) is 3.73. The van der Waals surface area contributed by atoms with E-state index in [0.29, 0.717) is 19.4 Å². The third-order valence-corrected chi connectivity index (χ3v) is 5.34. The molecule has 1 saturated heterocycles. The number of nitrogens with zero attached hydrogens (tertiary/aromatic N) is 2. The van der Waals surface area contributed by atoms with Crippen LogP contribution in [0.4, 0.5) is 0 Å². The van der Waals surface area contributed by atoms with E-state index in [4.69, 9.17) is 0 Å². The Bertz CT molecular complexity index is 613. The van der Waals surface area contributed by atoms with E-state index in [0.717, 1.165) is 24.1 Å². The lowest BCUT2D eigenvalue weighted by Gasteiger charge is -2.27. The Hall–Kier alpha value is -1.89. The second-order valence-electron chi connectivity index (χ2n) is 6.54. The Balaban J connectivity index is 1.55. The molecule has 3 amide bonds. The molecule has 0 spiro atoms. The minimum absolute atomic E-state index is 0.0101. The Morgan fingerprint density at radius 3 is 2.79 bits per heavy atom. The van der Waals surface area contributed by atoms with E-state index in [1.165, 1.54) is 4.90 Å². The van der Waals surface area contributed by atoms with Crippen LogP contribution in [-0.2, 0) is 20.8 Å². The molecule has 0 radical (unpaired) electrons. The maximum absolute atomic E-state index is 12.7. The minimum atomic E-state index is -0.434. The fraction of sp³-hybridized carbons (Fsp3) is 0.588. The molecule has 2 fully saturated rings. The highest BCUT2D eigenvalue weighted by molar-refractivity contribution is 7.10. The zero-order valence-corrected chi connectivity index (χ0v) is 14.7. The molecule has 1 aromatic rings. The Morgan fingerprint density at radius 1 is 1.33 bits per heavy atom. The summed E-state index contributed by atoms with van der Waals surface area (Å²) in [5, 5.41) is 4.83. The van der Waals surface area contributed by atoms with Crippen LogP contribution in [0, 0.1) is 0 Å². The second-order valence-corrected chi connectivity index (χ2v) is 7.57. The fourth-order valence-electron chi connectivity index (χ4n) is 3.03. The van der Waals surface area contributed by atoms with Crippen LogP contribution in [-0.4, -0.2) is 59.7 Å². The molecule has 1 aliphatic heterocycles. The maximum Gasteiger partial charge on any atom is 0.245 e. The van der Waals surface area contributed by atoms with E-state index < -0.39 is 6.04 Å². The van der Waals surface area contributed by atoms with Crippen LogP contribution >= 0.6 is 11.3 Å². The minimum Gasteiger partial charge on any atom is -0.352 e. The maximum atomic E-state index is 12.7. The van der Waals surface area contributed by atoms with E-state index in [9.17, 15) is 14.4 Å². The van der Waals surface area contributed by atoms with Gasteiger partial charge >= 0.3 is 0 Å². The van der Waals surface area contributed by atoms with Crippen LogP contribution in [0.2, 0.25) is 0 Å². The molecule has 1 saturated carbocycles. The summed E-state index contributed by atoms with van der Waals surface area (Å²) in [7, 11) is 1.63. The number of hydrogen-bond donors (Lipinski definition) is 1. The van der Waals surface area contributed by atoms with Gasteiger partial charge in [-0.25, -0.2) is 0 Å². The standard InChI is InChI=1S/C17H23N3O3S/c1-19(11-15(21)18-12-6-7-12)17(23)14-5-2-8-20(14)16(22)10-13-4-3-9-24-13/h3-4,9,12,14H,2,5-8,10-11H2,1H3,(H,18,21). The van der Waals surface area contributed by atoms with Crippen molar-refractivity contribution in [3.05, 3.63) is 22.4 Å². The average molecular weight is 349 g/mol. The zero-order chi connectivity index (χ0) is 17.1. The van der Waals surface area contributed by atoms with Crippen molar-refractivity contribution in [1.29, 1.82) is 0 Å². The van der Waals surface area contributed by atoms with Gasteiger partial charge in [-0.2, -0.15) is 0 Å². The smallest absolute Gasteiger partial charge is 0.245 e. The summed E-state index contributed by atoms with van der Waals surface area (Å²) in [5.41, 5.74) is 0. The molecule has 1 atom stereocenters. The van der Waals surface area contributed by atoms with Gasteiger partial charge in [-0.05, 0) is 37.1 Å². The topological polar surface area (TPSA) is 69.7 Å². The van der Waals surface area contributed by atoms with Gasteiger partial charge < -0.3 is 15.1 Å². The third-order valence-electron chi connectivity index (χ3n) is 4.46. The van der Waals surface area contributed by atoms with Crippen molar-refractivity contribution in [2.45, 2.75) is 44.2 Å². The molecule has 2 heterocycles. The largest absolute Gasteiger partial charge is 0.352 e. The molecular weight excluding hydrogens is 326 g/mol. The molecule has 1 aromatic heterocycles. The highest BCUT2D eigenvalue weighted by Crippen LogP contribution is 2.22. The molecule has 7 heteroatoms. The summed E-state index contributed by atoms with van der Waals surface area (Å²) in [6, 6.07) is 3.71. The van der Waals surface area contributed by atoms with Crippen LogP contribution in [0.25, 0.3) is 0 Å². The van der Waals surface area contributed by atoms with Crippen molar-refractivity contribution in [3.63, 3.8) is 0 Å². The van der Waals surface area contributed by atoms with Crippen LogP contribution in [0.15, 0.2) is 17.5 Å². The Labute approximate surface area is 145 Å². The number of carbonyl (C=O) groups is 3. The Morgan fingerprint density at radius 2 is 2.12 bits per heavy atom. The van der Waals surface area contributed by atoms with E-state index >= 15 is 0 Å². The number of amides is 3. The summed E-state index contributed by atoms with van der Waals surface area (Å²) in [5.74, 6) is -0.273. The van der Waals surface area contributed by atoms with Crippen molar-refractivity contribution in [3.8, 4) is 0 Å². The summed E-state index contributed by atoms with van der Waals surface area (Å²) in [4.78, 5) is 41.2. The number of nitrogens with one attached hydrogen (secondary N) is 1. The molecule has 6 nitrogen and oxygen atoms in total. The normalized spacial score (nSPS) is 20.0. The lowest BCUT2D eigenvalue weighted by molar-refractivity contribution is -0.144. The number of hydrogen-bond acceptors (Lipinski definition) is 4. The van der Waals surface area contributed by atoms with Crippen molar-refractivity contribution in [2.24, 2.45) is 0 Å². The Kier molecular flexibility index (Phi) is 5.18. The van der Waals surface area contributed by atoms with Gasteiger partial charge in [-0.3, -0.25) is 14.4 Å². The first-order valence-electron chi connectivity index (χ1n) is 8.41. The SMILES string of the molecule is CN(CC(=O)NC1CC1)C(=O)C1CCCN1C(=O)Cc1cccs1. The number of likely N-dealkylation sites (tertiary alicyclic amines) is 1. The first-order chi connectivity index (χ1) is 11.5. The van der Waals surface area contributed by atoms with Crippen molar-refractivity contribution in [1.82, 2.24) is 15.1 Å². The van der Waals surface area contributed by atoms with Gasteiger partial charge in [0.25, 0.3) is 0 Å². The van der Waals surface area contributed by atoms with E-state index in [1.54, 1.807) is 23.3 Å². The summed E-state index contributed by atoms with van der Waals surface area (Å²) >= 11 is 1.55. The average Bonchev–Trinajstić information content (AvgIpc) is 3.04. The highest BCUT2D eigenvalue weighted by atomic mass is 32.1. The van der Waals surface area contributed by atoms with Crippen LogP contribution in [0.5, 0.6) is 0 Å². The van der Waals surface area contributed by atoms with Crippen LogP contribution < -0.4 is 5.32 Å². The lowest BCUT2D eigenvalue weighted by atomic mass is 10.2. The zero-order valence-electron chi connectivity index (χ0n) is 13.9. The first-order valence-corrected chi connectivity index (χ1v) is 9.29. The molecule has 1 aliphatic carbocycles. The molecule has 1 unspecified atom stereocenters. The summed E-state index contributed by atoms with van der Waals surface area (Å²) < 4.78 is 0. The van der Waals surface area contributed by atoms with Gasteiger partial charge in [0.2, 0.25) is 17.7 Å². The number of rotatable bonds is 6. The predicted molar refractivity (Wildman–Crippen MR) is 91.6 cm³/mol. The van der Waals surface area contributed by atoms with E-state index in [2.05, 4.69) is 5.32 Å². The van der Waals surface area contributed by atoms with Gasteiger partial charge in [-0.1, -0.05) is 6.07 Å². The predicted octanol–water partition coefficient (Wildman–Crippen LogP) is 1.02. The quantitative estimate of drug-likeness (QED) is 0.834. The van der Waals surface area contributed by atoms with Crippen molar-refractivity contribution < 1.29 is 14.4 Å². The first kappa shape index (κ1) is 17.0. The summed E-state index contributed by atoms with van der Waals surface area (Å²) in [6.07, 6.45) is 3.89. The van der Waals surface area contributed by atoms with Gasteiger partial charge in [0.1, 0.15) is 6.04 Å². The van der Waals surface area contributed by atoms with Gasteiger partial charge in [-0.15, -0.1) is 11.3 Å². The molecule has 1 N–H and O–H groups in total. The number of likely N-dealkylation sites (N-methyl/N-ethyl adjacent to an activating group) is 1. The third kappa shape index (κ3) is 4.14. The van der Waals surface area contributed by atoms with Gasteiger partial charge in [0.15, 0.2) is 0 Å². The molecule has 3 rings (SSSR count). The van der Waals surface area contributed by atoms with Gasteiger partial charge in [0.05, 0.1) is 13.0 Å². The highest BCUT2D eigenvalue weighted by Gasteiger charge is 2.36. The van der Waals surface area contributed by atoms with E-state index in [-0.39, 0.29) is 30.3 Å². The lowest BCUT2D eigenvalue weighted by Crippen LogP contribution is -2.49. The van der Waals surface area contributed by atoms with Crippen LogP contribution in [0.3, 0.4) is 0 Å². The number of thiophene rings is 1.